The minimum atomic E-state index is -3.61. The van der Waals surface area contributed by atoms with Crippen LogP contribution in [0.4, 0.5) is 0 Å². The second-order valence-corrected chi connectivity index (χ2v) is 6.56. The van der Waals surface area contributed by atoms with Crippen LogP contribution >= 0.6 is 0 Å². The van der Waals surface area contributed by atoms with E-state index in [9.17, 15) is 13.5 Å². The molecule has 0 atom stereocenters. The topological polar surface area (TPSA) is 75.7 Å². The normalized spacial score (nSPS) is 12.2. The summed E-state index contributed by atoms with van der Waals surface area (Å²) in [6.07, 6.45) is 3.08. The lowest BCUT2D eigenvalue weighted by Crippen LogP contribution is -2.30. The maximum atomic E-state index is 12.7. The predicted molar refractivity (Wildman–Crippen MR) is 78.0 cm³/mol. The Kier molecular flexibility index (Phi) is 4.87. The Morgan fingerprint density at radius 2 is 2.14 bits per heavy atom. The first-order valence-electron chi connectivity index (χ1n) is 6.85. The van der Waals surface area contributed by atoms with Gasteiger partial charge < -0.3 is 14.1 Å². The highest BCUT2D eigenvalue weighted by molar-refractivity contribution is 7.89. The zero-order valence-electron chi connectivity index (χ0n) is 12.2. The van der Waals surface area contributed by atoms with Crippen LogP contribution in [0.1, 0.15) is 25.3 Å². The molecule has 0 fully saturated rings. The second-order valence-electron chi connectivity index (χ2n) is 4.62. The molecule has 0 radical (unpaired) electrons. The molecule has 0 aliphatic carbocycles. The molecule has 0 amide bonds. The molecule has 2 aromatic rings. The van der Waals surface area contributed by atoms with E-state index in [0.717, 1.165) is 0 Å². The average Bonchev–Trinajstić information content (AvgIpc) is 3.13. The van der Waals surface area contributed by atoms with Crippen molar-refractivity contribution in [3.63, 3.8) is 0 Å². The number of sulfonamides is 1. The van der Waals surface area contributed by atoms with E-state index in [2.05, 4.69) is 0 Å². The lowest BCUT2D eigenvalue weighted by Gasteiger charge is -2.18. The molecule has 1 N–H and O–H groups in total. The fraction of sp³-hybridized carbons (Fsp3) is 0.429. The SMILES string of the molecule is CCN(Cc1ccco1)S(=O)(=O)c1cc(CO)n(CC)c1. The fourth-order valence-corrected chi connectivity index (χ4v) is 3.67. The molecular formula is C14H20N2O4S. The first kappa shape index (κ1) is 15.8. The van der Waals surface area contributed by atoms with Crippen LogP contribution in [0.25, 0.3) is 0 Å². The Balaban J connectivity index is 2.32. The van der Waals surface area contributed by atoms with Crippen LogP contribution in [0.3, 0.4) is 0 Å². The van der Waals surface area contributed by atoms with E-state index in [1.165, 1.54) is 16.6 Å². The molecule has 7 heteroatoms. The third kappa shape index (κ3) is 3.20. The van der Waals surface area contributed by atoms with Gasteiger partial charge in [0.15, 0.2) is 0 Å². The zero-order chi connectivity index (χ0) is 15.5. The van der Waals surface area contributed by atoms with Crippen LogP contribution in [-0.4, -0.2) is 28.9 Å². The van der Waals surface area contributed by atoms with E-state index >= 15 is 0 Å². The molecule has 6 nitrogen and oxygen atoms in total. The zero-order valence-corrected chi connectivity index (χ0v) is 13.0. The molecule has 2 aromatic heterocycles. The minimum Gasteiger partial charge on any atom is -0.468 e. The van der Waals surface area contributed by atoms with Gasteiger partial charge in [-0.15, -0.1) is 0 Å². The minimum absolute atomic E-state index is 0.187. The van der Waals surface area contributed by atoms with Crippen molar-refractivity contribution < 1.29 is 17.9 Å². The first-order valence-corrected chi connectivity index (χ1v) is 8.29. The number of aliphatic hydroxyl groups is 1. The van der Waals surface area contributed by atoms with Crippen molar-refractivity contribution >= 4 is 10.0 Å². The van der Waals surface area contributed by atoms with Gasteiger partial charge >= 0.3 is 0 Å². The van der Waals surface area contributed by atoms with Gasteiger partial charge in [0.25, 0.3) is 0 Å². The highest BCUT2D eigenvalue weighted by Crippen LogP contribution is 2.21. The molecule has 116 valence electrons. The summed E-state index contributed by atoms with van der Waals surface area (Å²) in [6, 6.07) is 4.99. The van der Waals surface area contributed by atoms with E-state index in [1.807, 2.05) is 6.92 Å². The van der Waals surface area contributed by atoms with Crippen LogP contribution in [0.5, 0.6) is 0 Å². The van der Waals surface area contributed by atoms with Crippen molar-refractivity contribution in [2.75, 3.05) is 6.54 Å². The summed E-state index contributed by atoms with van der Waals surface area (Å²) in [5.41, 5.74) is 0.588. The Bertz CT molecular complexity index is 652. The lowest BCUT2D eigenvalue weighted by molar-refractivity contribution is 0.271. The molecule has 0 saturated heterocycles. The Labute approximate surface area is 124 Å². The highest BCUT2D eigenvalue weighted by Gasteiger charge is 2.26. The molecule has 0 spiro atoms. The Morgan fingerprint density at radius 3 is 2.62 bits per heavy atom. The van der Waals surface area contributed by atoms with Crippen LogP contribution in [-0.2, 0) is 29.7 Å². The Hall–Kier alpha value is -1.57. The van der Waals surface area contributed by atoms with Crippen molar-refractivity contribution in [1.29, 1.82) is 0 Å². The van der Waals surface area contributed by atoms with Crippen LogP contribution in [0.15, 0.2) is 40.0 Å². The molecule has 0 saturated carbocycles. The van der Waals surface area contributed by atoms with E-state index in [4.69, 9.17) is 4.42 Å². The van der Waals surface area contributed by atoms with Gasteiger partial charge in [-0.3, -0.25) is 0 Å². The molecule has 0 aromatic carbocycles. The van der Waals surface area contributed by atoms with Crippen molar-refractivity contribution in [2.45, 2.75) is 38.4 Å². The van der Waals surface area contributed by atoms with Crippen LogP contribution < -0.4 is 0 Å². The molecule has 21 heavy (non-hydrogen) atoms. The number of aromatic nitrogens is 1. The number of aryl methyl sites for hydroxylation is 1. The summed E-state index contributed by atoms with van der Waals surface area (Å²) in [5.74, 6) is 0.595. The number of furan rings is 1. The van der Waals surface area contributed by atoms with Crippen LogP contribution in [0.2, 0.25) is 0 Å². The van der Waals surface area contributed by atoms with Gasteiger partial charge in [-0.2, -0.15) is 4.31 Å². The van der Waals surface area contributed by atoms with Gasteiger partial charge in [0.1, 0.15) is 10.7 Å². The molecule has 0 aliphatic rings. The van der Waals surface area contributed by atoms with Crippen molar-refractivity contribution in [3.8, 4) is 0 Å². The molecule has 2 rings (SSSR count). The fourth-order valence-electron chi connectivity index (χ4n) is 2.18. The monoisotopic (exact) mass is 312 g/mol. The van der Waals surface area contributed by atoms with Crippen molar-refractivity contribution in [2.24, 2.45) is 0 Å². The van der Waals surface area contributed by atoms with E-state index in [1.54, 1.807) is 29.8 Å². The van der Waals surface area contributed by atoms with Gasteiger partial charge in [0, 0.05) is 25.0 Å². The van der Waals surface area contributed by atoms with Crippen molar-refractivity contribution in [1.82, 2.24) is 8.87 Å². The summed E-state index contributed by atoms with van der Waals surface area (Å²) in [4.78, 5) is 0.196. The number of hydrogen-bond acceptors (Lipinski definition) is 4. The van der Waals surface area contributed by atoms with Gasteiger partial charge in [-0.25, -0.2) is 8.42 Å². The number of aliphatic hydroxyl groups excluding tert-OH is 1. The summed E-state index contributed by atoms with van der Waals surface area (Å²) >= 11 is 0. The summed E-state index contributed by atoms with van der Waals surface area (Å²) in [5, 5.41) is 9.29. The standard InChI is InChI=1S/C14H20N2O4S/c1-3-15-10-14(8-12(15)11-17)21(18,19)16(4-2)9-13-6-5-7-20-13/h5-8,10,17H,3-4,9,11H2,1-2H3. The molecule has 0 aliphatic heterocycles. The molecule has 0 bridgehead atoms. The quantitative estimate of drug-likeness (QED) is 0.846. The largest absolute Gasteiger partial charge is 0.468 e. The van der Waals surface area contributed by atoms with E-state index < -0.39 is 10.0 Å². The summed E-state index contributed by atoms with van der Waals surface area (Å²) in [6.45, 7) is 4.63. The molecular weight excluding hydrogens is 292 g/mol. The summed E-state index contributed by atoms with van der Waals surface area (Å²) in [7, 11) is -3.61. The Morgan fingerprint density at radius 1 is 1.38 bits per heavy atom. The van der Waals surface area contributed by atoms with Gasteiger partial charge in [-0.05, 0) is 25.1 Å². The third-order valence-corrected chi connectivity index (χ3v) is 5.25. The lowest BCUT2D eigenvalue weighted by atomic mass is 10.4. The number of hydrogen-bond donors (Lipinski definition) is 1. The first-order chi connectivity index (χ1) is 10.0. The average molecular weight is 312 g/mol. The summed E-state index contributed by atoms with van der Waals surface area (Å²) < 4.78 is 33.6. The smallest absolute Gasteiger partial charge is 0.244 e. The third-order valence-electron chi connectivity index (χ3n) is 3.37. The molecule has 2 heterocycles. The van der Waals surface area contributed by atoms with Gasteiger partial charge in [0.05, 0.1) is 19.4 Å². The van der Waals surface area contributed by atoms with Gasteiger partial charge in [-0.1, -0.05) is 6.92 Å². The van der Waals surface area contributed by atoms with E-state index in [0.29, 0.717) is 24.5 Å². The maximum absolute atomic E-state index is 12.7. The van der Waals surface area contributed by atoms with Gasteiger partial charge in [0.2, 0.25) is 10.0 Å². The number of nitrogens with zero attached hydrogens (tertiary/aromatic N) is 2. The number of rotatable bonds is 7. The van der Waals surface area contributed by atoms with Crippen molar-refractivity contribution in [3.05, 3.63) is 42.1 Å². The molecule has 0 unspecified atom stereocenters. The van der Waals surface area contributed by atoms with Crippen LogP contribution in [0, 0.1) is 0 Å². The second kappa shape index (κ2) is 6.46. The van der Waals surface area contributed by atoms with E-state index in [-0.39, 0.29) is 18.0 Å². The highest BCUT2D eigenvalue weighted by atomic mass is 32.2. The maximum Gasteiger partial charge on any atom is 0.244 e. The predicted octanol–water partition coefficient (Wildman–Crippen LogP) is 1.80.